The van der Waals surface area contributed by atoms with Crippen LogP contribution in [-0.2, 0) is 0 Å². The highest BCUT2D eigenvalue weighted by atomic mass is 19.1. The van der Waals surface area contributed by atoms with Crippen LogP contribution in [0.25, 0.3) is 11.1 Å². The molecule has 1 heterocycles. The van der Waals surface area contributed by atoms with E-state index < -0.39 is 0 Å². The summed E-state index contributed by atoms with van der Waals surface area (Å²) in [6.07, 6.45) is 1.61. The number of hydrogen-bond donors (Lipinski definition) is 1. The normalized spacial score (nSPS) is 9.42. The van der Waals surface area contributed by atoms with Gasteiger partial charge >= 0.3 is 0 Å². The van der Waals surface area contributed by atoms with Crippen molar-refractivity contribution in [3.05, 3.63) is 90.0 Å². The van der Waals surface area contributed by atoms with E-state index in [1.54, 1.807) is 42.6 Å². The quantitative estimate of drug-likeness (QED) is 0.772. The molecule has 26 heavy (non-hydrogen) atoms. The van der Waals surface area contributed by atoms with Gasteiger partial charge in [0.05, 0.1) is 11.6 Å². The summed E-state index contributed by atoms with van der Waals surface area (Å²) in [7, 11) is 0. The summed E-state index contributed by atoms with van der Waals surface area (Å²) in [6.45, 7) is 2.43. The van der Waals surface area contributed by atoms with E-state index in [1.807, 2.05) is 25.1 Å². The van der Waals surface area contributed by atoms with Crippen molar-refractivity contribution in [3.63, 3.8) is 0 Å². The Balaban J connectivity index is 0.000000290. The zero-order valence-corrected chi connectivity index (χ0v) is 14.3. The van der Waals surface area contributed by atoms with Gasteiger partial charge in [-0.05, 0) is 31.2 Å². The molecule has 0 atom stereocenters. The van der Waals surface area contributed by atoms with Crippen LogP contribution in [0.4, 0.5) is 4.39 Å². The Labute approximate surface area is 152 Å². The molecular formula is C21H18FN3O. The van der Waals surface area contributed by atoms with Crippen LogP contribution < -0.4 is 5.32 Å². The summed E-state index contributed by atoms with van der Waals surface area (Å²) >= 11 is 0. The third kappa shape index (κ3) is 5.25. The number of carbonyl (C=O) groups is 1. The first-order valence-corrected chi connectivity index (χ1v) is 8.10. The number of pyridine rings is 1. The molecule has 3 aromatic rings. The molecule has 1 N–H and O–H groups in total. The SMILES string of the molecule is CCNC(=O)c1ccc(-c2ccccc2C#N)cn1.Fc1ccccc1. The predicted molar refractivity (Wildman–Crippen MR) is 98.8 cm³/mol. The third-order valence-corrected chi connectivity index (χ3v) is 3.43. The number of hydrogen-bond acceptors (Lipinski definition) is 3. The molecule has 5 heteroatoms. The van der Waals surface area contributed by atoms with Gasteiger partial charge < -0.3 is 5.32 Å². The van der Waals surface area contributed by atoms with Crippen LogP contribution in [-0.4, -0.2) is 17.4 Å². The minimum absolute atomic E-state index is 0.178. The van der Waals surface area contributed by atoms with Gasteiger partial charge in [-0.1, -0.05) is 42.5 Å². The summed E-state index contributed by atoms with van der Waals surface area (Å²) in [6, 6.07) is 20.8. The maximum atomic E-state index is 11.9. The zero-order valence-electron chi connectivity index (χ0n) is 14.3. The van der Waals surface area contributed by atoms with E-state index in [0.29, 0.717) is 17.8 Å². The van der Waals surface area contributed by atoms with Crippen LogP contribution in [0.1, 0.15) is 23.0 Å². The second kappa shape index (κ2) is 9.70. The van der Waals surface area contributed by atoms with Crippen molar-refractivity contribution >= 4 is 5.91 Å². The number of halogens is 1. The summed E-state index contributed by atoms with van der Waals surface area (Å²) in [5.74, 6) is -0.370. The number of nitrogens with zero attached hydrogens (tertiary/aromatic N) is 2. The molecule has 0 radical (unpaired) electrons. The summed E-state index contributed by atoms with van der Waals surface area (Å²) in [5, 5.41) is 11.7. The first-order chi connectivity index (χ1) is 12.7. The zero-order chi connectivity index (χ0) is 18.8. The highest BCUT2D eigenvalue weighted by Gasteiger charge is 2.08. The van der Waals surface area contributed by atoms with E-state index in [4.69, 9.17) is 5.26 Å². The number of benzene rings is 2. The molecule has 0 aliphatic carbocycles. The maximum Gasteiger partial charge on any atom is 0.269 e. The van der Waals surface area contributed by atoms with E-state index >= 15 is 0 Å². The standard InChI is InChI=1S/C15H13N3O.C6H5F/c1-2-17-15(19)14-8-7-12(10-18-14)13-6-4-3-5-11(13)9-16;7-6-4-2-1-3-5-6/h3-8,10H,2H2,1H3,(H,17,19);1-5H. The van der Waals surface area contributed by atoms with Gasteiger partial charge in [-0.15, -0.1) is 0 Å². The number of amides is 1. The van der Waals surface area contributed by atoms with Crippen LogP contribution >= 0.6 is 0 Å². The van der Waals surface area contributed by atoms with E-state index in [2.05, 4.69) is 16.4 Å². The molecule has 130 valence electrons. The van der Waals surface area contributed by atoms with E-state index in [-0.39, 0.29) is 11.7 Å². The second-order valence-corrected chi connectivity index (χ2v) is 5.24. The topological polar surface area (TPSA) is 65.8 Å². The van der Waals surface area contributed by atoms with Crippen molar-refractivity contribution in [2.24, 2.45) is 0 Å². The van der Waals surface area contributed by atoms with Gasteiger partial charge in [0, 0.05) is 23.9 Å². The Morgan fingerprint density at radius 3 is 2.31 bits per heavy atom. The molecule has 0 unspecified atom stereocenters. The average molecular weight is 347 g/mol. The lowest BCUT2D eigenvalue weighted by Crippen LogP contribution is -2.23. The number of rotatable bonds is 3. The Morgan fingerprint density at radius 1 is 1.08 bits per heavy atom. The lowest BCUT2D eigenvalue weighted by Gasteiger charge is -2.05. The van der Waals surface area contributed by atoms with Crippen molar-refractivity contribution in [2.75, 3.05) is 6.54 Å². The molecule has 2 aromatic carbocycles. The number of nitrogens with one attached hydrogen (secondary N) is 1. The van der Waals surface area contributed by atoms with Crippen molar-refractivity contribution in [1.82, 2.24) is 10.3 Å². The van der Waals surface area contributed by atoms with Gasteiger partial charge in [-0.3, -0.25) is 9.78 Å². The Kier molecular flexibility index (Phi) is 7.02. The van der Waals surface area contributed by atoms with Crippen LogP contribution in [0.3, 0.4) is 0 Å². The lowest BCUT2D eigenvalue weighted by molar-refractivity contribution is 0.0951. The van der Waals surface area contributed by atoms with E-state index in [1.165, 1.54) is 12.1 Å². The minimum Gasteiger partial charge on any atom is -0.351 e. The largest absolute Gasteiger partial charge is 0.351 e. The van der Waals surface area contributed by atoms with Crippen molar-refractivity contribution < 1.29 is 9.18 Å². The first kappa shape index (κ1) is 18.8. The van der Waals surface area contributed by atoms with Gasteiger partial charge in [-0.2, -0.15) is 5.26 Å². The third-order valence-electron chi connectivity index (χ3n) is 3.43. The maximum absolute atomic E-state index is 11.9. The number of aromatic nitrogens is 1. The number of nitriles is 1. The Morgan fingerprint density at radius 2 is 1.77 bits per heavy atom. The molecule has 0 fully saturated rings. The first-order valence-electron chi connectivity index (χ1n) is 8.10. The molecule has 1 aromatic heterocycles. The fourth-order valence-electron chi connectivity index (χ4n) is 2.19. The number of carbonyl (C=O) groups excluding carboxylic acids is 1. The van der Waals surface area contributed by atoms with Crippen LogP contribution in [0.5, 0.6) is 0 Å². The van der Waals surface area contributed by atoms with Crippen molar-refractivity contribution in [1.29, 1.82) is 5.26 Å². The molecule has 1 amide bonds. The fourth-order valence-corrected chi connectivity index (χ4v) is 2.19. The van der Waals surface area contributed by atoms with Crippen LogP contribution in [0.15, 0.2) is 72.9 Å². The highest BCUT2D eigenvalue weighted by molar-refractivity contribution is 5.92. The van der Waals surface area contributed by atoms with E-state index in [9.17, 15) is 9.18 Å². The molecule has 3 rings (SSSR count). The fraction of sp³-hybridized carbons (Fsp3) is 0.0952. The van der Waals surface area contributed by atoms with E-state index in [0.717, 1.165) is 11.1 Å². The van der Waals surface area contributed by atoms with Crippen LogP contribution in [0, 0.1) is 17.1 Å². The van der Waals surface area contributed by atoms with Gasteiger partial charge in [-0.25, -0.2) is 4.39 Å². The van der Waals surface area contributed by atoms with Gasteiger partial charge in [0.2, 0.25) is 0 Å². The van der Waals surface area contributed by atoms with Gasteiger partial charge in [0.1, 0.15) is 11.5 Å². The van der Waals surface area contributed by atoms with Crippen molar-refractivity contribution in [3.8, 4) is 17.2 Å². The molecule has 0 aliphatic rings. The Hall–Kier alpha value is -3.52. The monoisotopic (exact) mass is 347 g/mol. The molecular weight excluding hydrogens is 329 g/mol. The molecule has 0 saturated heterocycles. The molecule has 0 saturated carbocycles. The van der Waals surface area contributed by atoms with Crippen molar-refractivity contribution in [2.45, 2.75) is 6.92 Å². The highest BCUT2D eigenvalue weighted by Crippen LogP contribution is 2.22. The molecule has 4 nitrogen and oxygen atoms in total. The molecule has 0 bridgehead atoms. The summed E-state index contributed by atoms with van der Waals surface area (Å²) in [4.78, 5) is 15.7. The Bertz CT molecular complexity index is 887. The summed E-state index contributed by atoms with van der Waals surface area (Å²) in [5.41, 5.74) is 2.61. The lowest BCUT2D eigenvalue weighted by atomic mass is 10.0. The average Bonchev–Trinajstić information content (AvgIpc) is 2.69. The van der Waals surface area contributed by atoms with Gasteiger partial charge in [0.15, 0.2) is 0 Å². The smallest absolute Gasteiger partial charge is 0.269 e. The molecule has 0 aliphatic heterocycles. The van der Waals surface area contributed by atoms with Crippen LogP contribution in [0.2, 0.25) is 0 Å². The van der Waals surface area contributed by atoms with Gasteiger partial charge in [0.25, 0.3) is 5.91 Å². The molecule has 0 spiro atoms. The second-order valence-electron chi connectivity index (χ2n) is 5.24. The minimum atomic E-state index is -0.192. The predicted octanol–water partition coefficient (Wildman–Crippen LogP) is 4.20. The summed E-state index contributed by atoms with van der Waals surface area (Å²) < 4.78 is 11.9.